The van der Waals surface area contributed by atoms with Crippen molar-refractivity contribution < 1.29 is 19.1 Å². The van der Waals surface area contributed by atoms with Gasteiger partial charge in [-0.05, 0) is 78.7 Å². The van der Waals surface area contributed by atoms with E-state index in [0.717, 1.165) is 22.4 Å². The minimum absolute atomic E-state index is 0.0103. The maximum Gasteiger partial charge on any atom is 0.322 e. The van der Waals surface area contributed by atoms with Crippen LogP contribution in [0, 0.1) is 6.92 Å². The summed E-state index contributed by atoms with van der Waals surface area (Å²) >= 11 is 7.59. The third-order valence-electron chi connectivity index (χ3n) is 5.98. The molecule has 3 rings (SSSR count). The molecule has 1 heterocycles. The maximum absolute atomic E-state index is 13.6. The Morgan fingerprint density at radius 3 is 2.32 bits per heavy atom. The van der Waals surface area contributed by atoms with Gasteiger partial charge in [0.05, 0.1) is 20.8 Å². The van der Waals surface area contributed by atoms with Gasteiger partial charge >= 0.3 is 6.03 Å². The van der Waals surface area contributed by atoms with Crippen LogP contribution in [-0.4, -0.2) is 55.6 Å². The van der Waals surface area contributed by atoms with Gasteiger partial charge in [0.25, 0.3) is 0 Å². The molecule has 0 spiro atoms. The van der Waals surface area contributed by atoms with E-state index >= 15 is 0 Å². The smallest absolute Gasteiger partial charge is 0.322 e. The summed E-state index contributed by atoms with van der Waals surface area (Å²) in [4.78, 5) is 31.1. The zero-order valence-corrected chi connectivity index (χ0v) is 23.3. The molecule has 3 aromatic rings. The fourth-order valence-electron chi connectivity index (χ4n) is 3.85. The van der Waals surface area contributed by atoms with Crippen LogP contribution < -0.4 is 14.8 Å². The molecule has 0 saturated heterocycles. The molecule has 0 radical (unpaired) electrons. The highest BCUT2D eigenvalue weighted by Crippen LogP contribution is 2.28. The van der Waals surface area contributed by atoms with E-state index in [1.54, 1.807) is 54.7 Å². The van der Waals surface area contributed by atoms with Gasteiger partial charge in [0, 0.05) is 28.7 Å². The Bertz CT molecular complexity index is 1180. The molecular formula is C28H34ClN3O4S. The monoisotopic (exact) mass is 543 g/mol. The van der Waals surface area contributed by atoms with Crippen molar-refractivity contribution in [3.05, 3.63) is 74.9 Å². The Kier molecular flexibility index (Phi) is 10.7. The van der Waals surface area contributed by atoms with Crippen molar-refractivity contribution in [1.82, 2.24) is 9.80 Å². The molecule has 0 fully saturated rings. The Hall–Kier alpha value is -3.23. The molecule has 0 bridgehead atoms. The van der Waals surface area contributed by atoms with Gasteiger partial charge in [-0.15, -0.1) is 11.3 Å². The Balaban J connectivity index is 1.74. The first-order valence-corrected chi connectivity index (χ1v) is 13.4. The zero-order valence-electron chi connectivity index (χ0n) is 21.8. The van der Waals surface area contributed by atoms with E-state index in [4.69, 9.17) is 21.1 Å². The van der Waals surface area contributed by atoms with Crippen LogP contribution in [0.4, 0.5) is 10.5 Å². The Morgan fingerprint density at radius 1 is 0.973 bits per heavy atom. The SMILES string of the molecule is CCCN(CC(=O)N(CCc1ccc(OC)c(OC)c1)Cc1sccc1C)C(=O)Nc1ccc(Cl)cc1. The lowest BCUT2D eigenvalue weighted by atomic mass is 10.1. The van der Waals surface area contributed by atoms with Gasteiger partial charge < -0.3 is 24.6 Å². The summed E-state index contributed by atoms with van der Waals surface area (Å²) in [5.74, 6) is 1.21. The normalized spacial score (nSPS) is 10.6. The van der Waals surface area contributed by atoms with Crippen molar-refractivity contribution in [2.24, 2.45) is 0 Å². The number of carbonyl (C=O) groups is 2. The number of thiophene rings is 1. The van der Waals surface area contributed by atoms with Crippen molar-refractivity contribution in [1.29, 1.82) is 0 Å². The molecule has 3 amide bonds. The van der Waals surface area contributed by atoms with Crippen molar-refractivity contribution in [2.75, 3.05) is 39.2 Å². The lowest BCUT2D eigenvalue weighted by Gasteiger charge is -2.28. The molecule has 0 aliphatic rings. The molecule has 198 valence electrons. The number of nitrogens with zero attached hydrogens (tertiary/aromatic N) is 2. The van der Waals surface area contributed by atoms with Crippen LogP contribution in [0.1, 0.15) is 29.3 Å². The zero-order chi connectivity index (χ0) is 26.8. The highest BCUT2D eigenvalue weighted by Gasteiger charge is 2.22. The molecule has 0 saturated carbocycles. The summed E-state index contributed by atoms with van der Waals surface area (Å²) in [6.07, 6.45) is 1.37. The molecule has 7 nitrogen and oxygen atoms in total. The van der Waals surface area contributed by atoms with E-state index in [1.165, 1.54) is 0 Å². The van der Waals surface area contributed by atoms with Gasteiger partial charge in [0.15, 0.2) is 11.5 Å². The van der Waals surface area contributed by atoms with E-state index < -0.39 is 0 Å². The quantitative estimate of drug-likeness (QED) is 0.293. The fraction of sp³-hybridized carbons (Fsp3) is 0.357. The molecule has 0 aliphatic carbocycles. The summed E-state index contributed by atoms with van der Waals surface area (Å²) in [7, 11) is 3.21. The second-order valence-corrected chi connectivity index (χ2v) is 10.1. The molecule has 0 atom stereocenters. The molecule has 0 unspecified atom stereocenters. The van der Waals surface area contributed by atoms with Crippen molar-refractivity contribution in [2.45, 2.75) is 33.2 Å². The van der Waals surface area contributed by atoms with Crippen molar-refractivity contribution in [3.63, 3.8) is 0 Å². The first kappa shape index (κ1) is 28.3. The van der Waals surface area contributed by atoms with Crippen LogP contribution in [0.5, 0.6) is 11.5 Å². The number of halogens is 1. The fourth-order valence-corrected chi connectivity index (χ4v) is 4.90. The van der Waals surface area contributed by atoms with Gasteiger partial charge in [-0.1, -0.05) is 24.6 Å². The number of benzene rings is 2. The number of aryl methyl sites for hydroxylation is 1. The lowest BCUT2D eigenvalue weighted by Crippen LogP contribution is -2.45. The van der Waals surface area contributed by atoms with Crippen LogP contribution in [0.2, 0.25) is 5.02 Å². The average molecular weight is 544 g/mol. The summed E-state index contributed by atoms with van der Waals surface area (Å²) in [5.41, 5.74) is 2.81. The molecule has 9 heteroatoms. The number of ether oxygens (including phenoxy) is 2. The van der Waals surface area contributed by atoms with E-state index in [2.05, 4.69) is 11.4 Å². The van der Waals surface area contributed by atoms with Crippen LogP contribution >= 0.6 is 22.9 Å². The van der Waals surface area contributed by atoms with Gasteiger partial charge in [0.1, 0.15) is 6.54 Å². The summed E-state index contributed by atoms with van der Waals surface area (Å²) in [6.45, 7) is 5.48. The number of carbonyl (C=O) groups excluding carboxylic acids is 2. The molecule has 2 aromatic carbocycles. The van der Waals surface area contributed by atoms with Crippen molar-refractivity contribution in [3.8, 4) is 11.5 Å². The first-order valence-electron chi connectivity index (χ1n) is 12.2. The number of anilines is 1. The number of hydrogen-bond acceptors (Lipinski definition) is 5. The molecule has 1 aromatic heterocycles. The number of rotatable bonds is 12. The average Bonchev–Trinajstić information content (AvgIpc) is 3.31. The van der Waals surface area contributed by atoms with Gasteiger partial charge in [-0.3, -0.25) is 4.79 Å². The standard InChI is InChI=1S/C28H34ClN3O4S/c1-5-14-32(28(34)30-23-9-7-22(29)8-10-23)19-27(33)31(18-26-20(2)13-16-37-26)15-12-21-6-11-24(35-3)25(17-21)36-4/h6-11,13,16-17H,5,12,14-15,18-19H2,1-4H3,(H,30,34). The summed E-state index contributed by atoms with van der Waals surface area (Å²) in [5, 5.41) is 5.49. The topological polar surface area (TPSA) is 71.1 Å². The van der Waals surface area contributed by atoms with Gasteiger partial charge in [-0.25, -0.2) is 4.79 Å². The van der Waals surface area contributed by atoms with Crippen LogP contribution in [0.3, 0.4) is 0 Å². The van der Waals surface area contributed by atoms with E-state index in [-0.39, 0.29) is 18.5 Å². The van der Waals surface area contributed by atoms with Crippen molar-refractivity contribution >= 4 is 40.6 Å². The number of amides is 3. The number of nitrogens with one attached hydrogen (secondary N) is 1. The van der Waals surface area contributed by atoms with Crippen LogP contribution in [0.15, 0.2) is 53.9 Å². The molecular weight excluding hydrogens is 510 g/mol. The van der Waals surface area contributed by atoms with Gasteiger partial charge in [0.2, 0.25) is 5.91 Å². The second-order valence-electron chi connectivity index (χ2n) is 8.64. The highest BCUT2D eigenvalue weighted by molar-refractivity contribution is 7.10. The highest BCUT2D eigenvalue weighted by atomic mass is 35.5. The number of hydrogen-bond donors (Lipinski definition) is 1. The maximum atomic E-state index is 13.6. The minimum Gasteiger partial charge on any atom is -0.493 e. The predicted molar refractivity (Wildman–Crippen MR) is 150 cm³/mol. The summed E-state index contributed by atoms with van der Waals surface area (Å²) in [6, 6.07) is 14.4. The summed E-state index contributed by atoms with van der Waals surface area (Å²) < 4.78 is 10.8. The van der Waals surface area contributed by atoms with Crippen LogP contribution in [-0.2, 0) is 17.8 Å². The Labute approximate surface area is 227 Å². The van der Waals surface area contributed by atoms with Crippen LogP contribution in [0.25, 0.3) is 0 Å². The number of methoxy groups -OCH3 is 2. The largest absolute Gasteiger partial charge is 0.493 e. The third-order valence-corrected chi connectivity index (χ3v) is 7.24. The third kappa shape index (κ3) is 8.13. The van der Waals surface area contributed by atoms with E-state index in [9.17, 15) is 9.59 Å². The number of urea groups is 1. The van der Waals surface area contributed by atoms with E-state index in [1.807, 2.05) is 42.3 Å². The lowest BCUT2D eigenvalue weighted by molar-refractivity contribution is -0.132. The minimum atomic E-state index is -0.315. The predicted octanol–water partition coefficient (Wildman–Crippen LogP) is 6.24. The van der Waals surface area contributed by atoms with E-state index in [0.29, 0.717) is 48.3 Å². The second kappa shape index (κ2) is 13.9. The molecule has 0 aliphatic heterocycles. The van der Waals surface area contributed by atoms with Gasteiger partial charge in [-0.2, -0.15) is 0 Å². The molecule has 1 N–H and O–H groups in total. The first-order chi connectivity index (χ1) is 17.8. The Morgan fingerprint density at radius 2 is 1.70 bits per heavy atom. The molecule has 37 heavy (non-hydrogen) atoms.